The second kappa shape index (κ2) is 4.69. The quantitative estimate of drug-likeness (QED) is 0.749. The number of ether oxygens (including phenoxy) is 1. The summed E-state index contributed by atoms with van der Waals surface area (Å²) in [5.74, 6) is 0. The van der Waals surface area contributed by atoms with Crippen molar-refractivity contribution in [2.75, 3.05) is 0 Å². The summed E-state index contributed by atoms with van der Waals surface area (Å²) >= 11 is 0.433. The van der Waals surface area contributed by atoms with Gasteiger partial charge in [-0.05, 0) is 0 Å². The molecule has 0 aliphatic carbocycles. The van der Waals surface area contributed by atoms with E-state index in [9.17, 15) is 0 Å². The molecule has 82 valence electrons. The maximum absolute atomic E-state index is 6.11. The fourth-order valence-electron chi connectivity index (χ4n) is 2.07. The van der Waals surface area contributed by atoms with Crippen LogP contribution in [0.5, 0.6) is 0 Å². The van der Waals surface area contributed by atoms with E-state index >= 15 is 0 Å². The van der Waals surface area contributed by atoms with Crippen molar-refractivity contribution in [1.29, 1.82) is 0 Å². The summed E-state index contributed by atoms with van der Waals surface area (Å²) in [4.78, 5) is 0. The van der Waals surface area contributed by atoms with E-state index in [-0.39, 0.29) is 4.50 Å². The monoisotopic (exact) mass is 270 g/mol. The Morgan fingerprint density at radius 3 is 2.73 bits per heavy atom. The molecule has 2 unspecified atom stereocenters. The first-order chi connectivity index (χ1) is 7.18. The molecule has 0 bridgehead atoms. The SMILES string of the molecule is CC1CCCC(C)([Se]c2ccccc2)O1. The zero-order chi connectivity index (χ0) is 10.7. The van der Waals surface area contributed by atoms with Crippen molar-refractivity contribution in [2.45, 2.75) is 43.7 Å². The molecule has 1 aromatic rings. The topological polar surface area (TPSA) is 9.23 Å². The summed E-state index contributed by atoms with van der Waals surface area (Å²) in [5, 5.41) is 0. The molecule has 1 fully saturated rings. The van der Waals surface area contributed by atoms with Crippen molar-refractivity contribution in [3.63, 3.8) is 0 Å². The third kappa shape index (κ3) is 3.07. The molecular weight excluding hydrogens is 251 g/mol. The predicted octanol–water partition coefficient (Wildman–Crippen LogP) is 2.32. The molecule has 1 nitrogen and oxygen atoms in total. The average molecular weight is 269 g/mol. The Morgan fingerprint density at radius 1 is 1.33 bits per heavy atom. The summed E-state index contributed by atoms with van der Waals surface area (Å²) in [6.45, 7) is 4.47. The molecule has 2 rings (SSSR count). The average Bonchev–Trinajstić information content (AvgIpc) is 2.18. The van der Waals surface area contributed by atoms with Gasteiger partial charge in [-0.15, -0.1) is 0 Å². The third-order valence-corrected chi connectivity index (χ3v) is 5.37. The van der Waals surface area contributed by atoms with Crippen molar-refractivity contribution in [3.05, 3.63) is 30.3 Å². The number of rotatable bonds is 2. The van der Waals surface area contributed by atoms with Gasteiger partial charge in [0.25, 0.3) is 0 Å². The van der Waals surface area contributed by atoms with Crippen molar-refractivity contribution in [3.8, 4) is 0 Å². The van der Waals surface area contributed by atoms with Crippen molar-refractivity contribution in [2.24, 2.45) is 0 Å². The zero-order valence-corrected chi connectivity index (χ0v) is 11.1. The van der Waals surface area contributed by atoms with Gasteiger partial charge < -0.3 is 0 Å². The first-order valence-corrected chi connectivity index (χ1v) is 7.31. The van der Waals surface area contributed by atoms with Gasteiger partial charge in [0.15, 0.2) is 0 Å². The van der Waals surface area contributed by atoms with E-state index in [1.807, 2.05) is 0 Å². The fraction of sp³-hybridized carbons (Fsp3) is 0.538. The molecule has 2 atom stereocenters. The van der Waals surface area contributed by atoms with Gasteiger partial charge >= 0.3 is 98.2 Å². The van der Waals surface area contributed by atoms with Gasteiger partial charge in [-0.3, -0.25) is 0 Å². The Balaban J connectivity index is 2.04. The number of hydrogen-bond donors (Lipinski definition) is 0. The maximum atomic E-state index is 6.11. The van der Waals surface area contributed by atoms with E-state index in [0.717, 1.165) is 0 Å². The van der Waals surface area contributed by atoms with E-state index < -0.39 is 0 Å². The van der Waals surface area contributed by atoms with Crippen LogP contribution >= 0.6 is 0 Å². The van der Waals surface area contributed by atoms with Gasteiger partial charge in [0, 0.05) is 0 Å². The molecule has 0 amide bonds. The van der Waals surface area contributed by atoms with E-state index in [4.69, 9.17) is 4.74 Å². The van der Waals surface area contributed by atoms with Crippen LogP contribution in [0.4, 0.5) is 0 Å². The van der Waals surface area contributed by atoms with Gasteiger partial charge in [-0.25, -0.2) is 0 Å². The van der Waals surface area contributed by atoms with Crippen molar-refractivity contribution < 1.29 is 4.74 Å². The van der Waals surface area contributed by atoms with Gasteiger partial charge in [-0.2, -0.15) is 0 Å². The first kappa shape index (κ1) is 11.2. The molecule has 0 aromatic heterocycles. The Morgan fingerprint density at radius 2 is 2.07 bits per heavy atom. The Labute approximate surface area is 98.4 Å². The van der Waals surface area contributed by atoms with Crippen LogP contribution in [0, 0.1) is 0 Å². The van der Waals surface area contributed by atoms with E-state index in [2.05, 4.69) is 44.2 Å². The summed E-state index contributed by atoms with van der Waals surface area (Å²) in [6.07, 6.45) is 4.19. The van der Waals surface area contributed by atoms with Crippen LogP contribution in [0.3, 0.4) is 0 Å². The molecule has 1 heterocycles. The van der Waals surface area contributed by atoms with Crippen LogP contribution in [0.25, 0.3) is 0 Å². The molecule has 1 aromatic carbocycles. The number of hydrogen-bond acceptors (Lipinski definition) is 1. The second-order valence-electron chi connectivity index (χ2n) is 4.37. The molecule has 0 saturated carbocycles. The molecule has 0 spiro atoms. The van der Waals surface area contributed by atoms with Gasteiger partial charge in [0.05, 0.1) is 0 Å². The van der Waals surface area contributed by atoms with Crippen LogP contribution in [-0.2, 0) is 4.74 Å². The molecule has 0 radical (unpaired) electrons. The van der Waals surface area contributed by atoms with Crippen LogP contribution in [-0.4, -0.2) is 25.6 Å². The standard InChI is InChI=1S/C13H18OSe/c1-11-7-6-10-13(2,14-11)15-12-8-4-3-5-9-12/h3-5,8-9,11H,6-7,10H2,1-2H3. The Hall–Kier alpha value is -0.301. The summed E-state index contributed by atoms with van der Waals surface area (Å²) in [6, 6.07) is 10.7. The first-order valence-electron chi connectivity index (χ1n) is 5.60. The molecule has 1 saturated heterocycles. The fourth-order valence-corrected chi connectivity index (χ4v) is 4.69. The Kier molecular flexibility index (Phi) is 3.50. The van der Waals surface area contributed by atoms with Crippen LogP contribution in [0.15, 0.2) is 30.3 Å². The minimum absolute atomic E-state index is 0.117. The molecule has 2 heteroatoms. The molecular formula is C13H18OSe. The van der Waals surface area contributed by atoms with Gasteiger partial charge in [0.1, 0.15) is 0 Å². The summed E-state index contributed by atoms with van der Waals surface area (Å²) in [7, 11) is 0. The van der Waals surface area contributed by atoms with Crippen LogP contribution < -0.4 is 4.46 Å². The summed E-state index contributed by atoms with van der Waals surface area (Å²) < 4.78 is 7.67. The molecule has 15 heavy (non-hydrogen) atoms. The van der Waals surface area contributed by atoms with Crippen LogP contribution in [0.2, 0.25) is 0 Å². The van der Waals surface area contributed by atoms with Gasteiger partial charge in [0.2, 0.25) is 0 Å². The predicted molar refractivity (Wildman–Crippen MR) is 64.6 cm³/mol. The van der Waals surface area contributed by atoms with E-state index in [1.165, 1.54) is 23.7 Å². The number of benzene rings is 1. The Bertz CT molecular complexity index is 312. The van der Waals surface area contributed by atoms with Crippen molar-refractivity contribution >= 4 is 19.4 Å². The molecule has 0 N–H and O–H groups in total. The zero-order valence-electron chi connectivity index (χ0n) is 9.40. The second-order valence-corrected chi connectivity index (χ2v) is 7.60. The minimum atomic E-state index is 0.117. The van der Waals surface area contributed by atoms with Gasteiger partial charge in [-0.1, -0.05) is 0 Å². The van der Waals surface area contributed by atoms with Crippen LogP contribution in [0.1, 0.15) is 33.1 Å². The third-order valence-electron chi connectivity index (χ3n) is 2.77. The van der Waals surface area contributed by atoms with E-state index in [0.29, 0.717) is 21.1 Å². The molecule has 1 aliphatic rings. The normalized spacial score (nSPS) is 31.5. The summed E-state index contributed by atoms with van der Waals surface area (Å²) in [5.41, 5.74) is 0. The van der Waals surface area contributed by atoms with Crippen molar-refractivity contribution in [1.82, 2.24) is 0 Å². The molecule has 1 aliphatic heterocycles. The van der Waals surface area contributed by atoms with E-state index in [1.54, 1.807) is 0 Å².